The van der Waals surface area contributed by atoms with E-state index in [9.17, 15) is 18.7 Å². The summed E-state index contributed by atoms with van der Waals surface area (Å²) >= 11 is 0. The van der Waals surface area contributed by atoms with Crippen LogP contribution in [0.3, 0.4) is 0 Å². The minimum atomic E-state index is -1.15. The molecule has 0 bridgehead atoms. The number of aromatic hydroxyl groups is 1. The third kappa shape index (κ3) is 4.82. The van der Waals surface area contributed by atoms with E-state index in [2.05, 4.69) is 16.5 Å². The molecule has 0 saturated heterocycles. The number of phenolic OH excluding ortho intramolecular Hbond substituents is 1. The topological polar surface area (TPSA) is 93.2 Å². The van der Waals surface area contributed by atoms with Gasteiger partial charge in [-0.2, -0.15) is 5.10 Å². The van der Waals surface area contributed by atoms with Crippen molar-refractivity contribution in [3.63, 3.8) is 0 Å². The second-order valence-corrected chi connectivity index (χ2v) is 9.77. The van der Waals surface area contributed by atoms with Gasteiger partial charge in [-0.15, -0.1) is 0 Å². The molecule has 1 fully saturated rings. The molecule has 0 unspecified atom stereocenters. The number of benzene rings is 2. The SMILES string of the molecule is CC(C)c1ncc(-c2ccc3cn(C4CCC(CNC(=O)c5cc(F)c(O)c(F)c5)CC4)nc3c2)o1. The average Bonchev–Trinajstić information content (AvgIpc) is 3.53. The first-order valence-corrected chi connectivity index (χ1v) is 12.2. The molecule has 0 aliphatic heterocycles. The largest absolute Gasteiger partial charge is 0.503 e. The normalized spacial score (nSPS) is 18.1. The molecule has 2 aromatic heterocycles. The lowest BCUT2D eigenvalue weighted by atomic mass is 9.86. The highest BCUT2D eigenvalue weighted by atomic mass is 19.1. The molecule has 1 saturated carbocycles. The summed E-state index contributed by atoms with van der Waals surface area (Å²) in [6.07, 6.45) is 7.47. The van der Waals surface area contributed by atoms with E-state index in [0.29, 0.717) is 12.4 Å². The number of nitrogens with zero attached hydrogens (tertiary/aromatic N) is 3. The maximum atomic E-state index is 13.5. The number of amides is 1. The van der Waals surface area contributed by atoms with E-state index >= 15 is 0 Å². The van der Waals surface area contributed by atoms with Crippen molar-refractivity contribution in [2.45, 2.75) is 51.5 Å². The molecule has 2 N–H and O–H groups in total. The van der Waals surface area contributed by atoms with Crippen molar-refractivity contribution in [3.8, 4) is 17.1 Å². The van der Waals surface area contributed by atoms with E-state index in [1.807, 2.05) is 36.7 Å². The summed E-state index contributed by atoms with van der Waals surface area (Å²) in [6.45, 7) is 4.51. The molecule has 7 nitrogen and oxygen atoms in total. The fraction of sp³-hybridized carbons (Fsp3) is 0.370. The van der Waals surface area contributed by atoms with E-state index < -0.39 is 23.3 Å². The molecule has 1 aliphatic rings. The van der Waals surface area contributed by atoms with Crippen molar-refractivity contribution < 1.29 is 23.1 Å². The first kappa shape index (κ1) is 24.0. The third-order valence-electron chi connectivity index (χ3n) is 6.85. The predicted molar refractivity (Wildman–Crippen MR) is 131 cm³/mol. The first-order chi connectivity index (χ1) is 17.3. The van der Waals surface area contributed by atoms with Crippen LogP contribution in [-0.4, -0.2) is 32.3 Å². The molecule has 2 aromatic carbocycles. The molecule has 2 heterocycles. The van der Waals surface area contributed by atoms with Crippen LogP contribution in [0, 0.1) is 17.6 Å². The molecular weight excluding hydrogens is 466 g/mol. The van der Waals surface area contributed by atoms with Gasteiger partial charge in [0.1, 0.15) is 0 Å². The van der Waals surface area contributed by atoms with Gasteiger partial charge in [0, 0.05) is 35.2 Å². The Hall–Kier alpha value is -3.75. The van der Waals surface area contributed by atoms with Gasteiger partial charge in [-0.05, 0) is 49.8 Å². The molecule has 9 heteroatoms. The summed E-state index contributed by atoms with van der Waals surface area (Å²) in [6, 6.07) is 8.03. The lowest BCUT2D eigenvalue weighted by molar-refractivity contribution is 0.0940. The number of nitrogens with one attached hydrogen (secondary N) is 1. The molecular formula is C27H28F2N4O3. The highest BCUT2D eigenvalue weighted by molar-refractivity contribution is 5.94. The summed E-state index contributed by atoms with van der Waals surface area (Å²) < 4.78 is 35.0. The van der Waals surface area contributed by atoms with Gasteiger partial charge >= 0.3 is 0 Å². The Labute approximate surface area is 207 Å². The predicted octanol–water partition coefficient (Wildman–Crippen LogP) is 5.96. The number of hydrogen-bond acceptors (Lipinski definition) is 5. The average molecular weight is 495 g/mol. The van der Waals surface area contributed by atoms with Gasteiger partial charge in [0.2, 0.25) is 0 Å². The zero-order valence-electron chi connectivity index (χ0n) is 20.2. The zero-order chi connectivity index (χ0) is 25.4. The number of hydrogen-bond donors (Lipinski definition) is 2. The summed E-state index contributed by atoms with van der Waals surface area (Å²) in [5.41, 5.74) is 1.70. The van der Waals surface area contributed by atoms with Gasteiger partial charge in [-0.3, -0.25) is 9.48 Å². The highest BCUT2D eigenvalue weighted by Gasteiger charge is 2.24. The van der Waals surface area contributed by atoms with Gasteiger partial charge < -0.3 is 14.8 Å². The number of phenols is 1. The molecule has 4 aromatic rings. The van der Waals surface area contributed by atoms with Crippen molar-refractivity contribution in [2.24, 2.45) is 5.92 Å². The van der Waals surface area contributed by atoms with Crippen molar-refractivity contribution in [1.82, 2.24) is 20.1 Å². The molecule has 0 radical (unpaired) electrons. The van der Waals surface area contributed by atoms with E-state index in [1.54, 1.807) is 6.20 Å². The molecule has 1 amide bonds. The van der Waals surface area contributed by atoms with E-state index in [-0.39, 0.29) is 23.4 Å². The van der Waals surface area contributed by atoms with Gasteiger partial charge in [-0.25, -0.2) is 13.8 Å². The van der Waals surface area contributed by atoms with Crippen LogP contribution in [-0.2, 0) is 0 Å². The van der Waals surface area contributed by atoms with Gasteiger partial charge in [0.15, 0.2) is 29.0 Å². The standard InChI is InChI=1S/C27H28F2N4O3/c1-15(2)27-31-13-24(36-27)17-5-6-18-14-33(32-23(18)11-17)20-7-3-16(4-8-20)12-30-26(35)19-9-21(28)25(34)22(29)10-19/h5-6,9-11,13-16,20,34H,3-4,7-8,12H2,1-2H3,(H,30,35). The highest BCUT2D eigenvalue weighted by Crippen LogP contribution is 2.33. The van der Waals surface area contributed by atoms with Crippen LogP contribution in [0.25, 0.3) is 22.2 Å². The van der Waals surface area contributed by atoms with Crippen LogP contribution in [0.1, 0.15) is 67.7 Å². The van der Waals surface area contributed by atoms with Crippen LogP contribution in [0.2, 0.25) is 0 Å². The lowest BCUT2D eigenvalue weighted by Crippen LogP contribution is -2.31. The second-order valence-electron chi connectivity index (χ2n) is 9.77. The van der Waals surface area contributed by atoms with Crippen molar-refractivity contribution >= 4 is 16.8 Å². The number of halogens is 2. The lowest BCUT2D eigenvalue weighted by Gasteiger charge is -2.28. The Kier molecular flexibility index (Phi) is 6.47. The summed E-state index contributed by atoms with van der Waals surface area (Å²) in [5, 5.41) is 17.8. The quantitative estimate of drug-likeness (QED) is 0.345. The number of oxazole rings is 1. The van der Waals surface area contributed by atoms with Crippen LogP contribution >= 0.6 is 0 Å². The fourth-order valence-corrected chi connectivity index (χ4v) is 4.71. The van der Waals surface area contributed by atoms with Crippen molar-refractivity contribution in [1.29, 1.82) is 0 Å². The van der Waals surface area contributed by atoms with E-state index in [1.165, 1.54) is 0 Å². The summed E-state index contributed by atoms with van der Waals surface area (Å²) in [7, 11) is 0. The van der Waals surface area contributed by atoms with E-state index in [4.69, 9.17) is 9.52 Å². The van der Waals surface area contributed by atoms with Crippen LogP contribution in [0.4, 0.5) is 8.78 Å². The zero-order valence-corrected chi connectivity index (χ0v) is 20.2. The van der Waals surface area contributed by atoms with Crippen molar-refractivity contribution in [3.05, 3.63) is 65.8 Å². The number of carbonyl (C=O) groups excluding carboxylic acids is 1. The third-order valence-corrected chi connectivity index (χ3v) is 6.85. The first-order valence-electron chi connectivity index (χ1n) is 12.2. The molecule has 5 rings (SSSR count). The maximum Gasteiger partial charge on any atom is 0.251 e. The van der Waals surface area contributed by atoms with Gasteiger partial charge in [0.25, 0.3) is 5.91 Å². The Bertz CT molecular complexity index is 1380. The Morgan fingerprint density at radius 3 is 2.56 bits per heavy atom. The molecule has 0 atom stereocenters. The maximum absolute atomic E-state index is 13.5. The monoisotopic (exact) mass is 494 g/mol. The van der Waals surface area contributed by atoms with Crippen LogP contribution in [0.5, 0.6) is 5.75 Å². The van der Waals surface area contributed by atoms with Crippen molar-refractivity contribution in [2.75, 3.05) is 6.54 Å². The number of rotatable bonds is 6. The number of aromatic nitrogens is 3. The fourth-order valence-electron chi connectivity index (χ4n) is 4.71. The molecule has 188 valence electrons. The Morgan fingerprint density at radius 2 is 1.89 bits per heavy atom. The van der Waals surface area contributed by atoms with Crippen LogP contribution in [0.15, 0.2) is 47.1 Å². The Morgan fingerprint density at radius 1 is 1.17 bits per heavy atom. The smallest absolute Gasteiger partial charge is 0.251 e. The summed E-state index contributed by atoms with van der Waals surface area (Å²) in [5.74, 6) is -2.00. The van der Waals surface area contributed by atoms with Gasteiger partial charge in [0.05, 0.1) is 17.8 Å². The second kappa shape index (κ2) is 9.72. The van der Waals surface area contributed by atoms with Crippen LogP contribution < -0.4 is 5.32 Å². The van der Waals surface area contributed by atoms with E-state index in [0.717, 1.165) is 60.0 Å². The summed E-state index contributed by atoms with van der Waals surface area (Å²) in [4.78, 5) is 16.7. The number of carbonyl (C=O) groups is 1. The minimum absolute atomic E-state index is 0.148. The molecule has 36 heavy (non-hydrogen) atoms. The Balaban J connectivity index is 1.19. The molecule has 0 spiro atoms. The number of fused-ring (bicyclic) bond motifs is 1. The van der Waals surface area contributed by atoms with Gasteiger partial charge in [-0.1, -0.05) is 26.0 Å². The molecule has 1 aliphatic carbocycles. The minimum Gasteiger partial charge on any atom is -0.503 e.